The van der Waals surface area contributed by atoms with Gasteiger partial charge in [-0.3, -0.25) is 4.79 Å². The summed E-state index contributed by atoms with van der Waals surface area (Å²) < 4.78 is 1.99. The lowest BCUT2D eigenvalue weighted by Crippen LogP contribution is -2.46. The van der Waals surface area contributed by atoms with Crippen molar-refractivity contribution in [1.29, 1.82) is 0 Å². The number of nitrogens with zero attached hydrogens (tertiary/aromatic N) is 3. The fraction of sp³-hybridized carbons (Fsp3) is 0.421. The fourth-order valence-corrected chi connectivity index (χ4v) is 3.10. The molecule has 1 aliphatic rings. The molecule has 138 valence electrons. The molecule has 7 nitrogen and oxygen atoms in total. The summed E-state index contributed by atoms with van der Waals surface area (Å²) in [5, 5.41) is 5.90. The number of likely N-dealkylation sites (tertiary alicyclic amines) is 1. The number of urea groups is 1. The van der Waals surface area contributed by atoms with Crippen LogP contribution in [0.2, 0.25) is 0 Å². The van der Waals surface area contributed by atoms with Gasteiger partial charge in [-0.2, -0.15) is 0 Å². The van der Waals surface area contributed by atoms with E-state index < -0.39 is 0 Å². The maximum atomic E-state index is 12.3. The molecule has 26 heavy (non-hydrogen) atoms. The van der Waals surface area contributed by atoms with Gasteiger partial charge >= 0.3 is 6.03 Å². The summed E-state index contributed by atoms with van der Waals surface area (Å²) in [5.74, 6) is -0.00270. The largest absolute Gasteiger partial charge is 0.338 e. The third-order valence-corrected chi connectivity index (χ3v) is 4.62. The van der Waals surface area contributed by atoms with E-state index in [4.69, 9.17) is 0 Å². The van der Waals surface area contributed by atoms with Crippen LogP contribution < -0.4 is 10.6 Å². The van der Waals surface area contributed by atoms with Crippen molar-refractivity contribution in [3.05, 3.63) is 49.1 Å². The summed E-state index contributed by atoms with van der Waals surface area (Å²) in [5.41, 5.74) is 0.815. The highest BCUT2D eigenvalue weighted by atomic mass is 16.2. The first kappa shape index (κ1) is 18.0. The molecule has 1 aliphatic heterocycles. The van der Waals surface area contributed by atoms with Crippen LogP contribution in [0.3, 0.4) is 0 Å². The number of para-hydroxylation sites is 1. The Balaban J connectivity index is 1.34. The second-order valence-electron chi connectivity index (χ2n) is 6.50. The maximum Gasteiger partial charge on any atom is 0.317 e. The van der Waals surface area contributed by atoms with Gasteiger partial charge in [-0.1, -0.05) is 18.2 Å². The molecule has 1 saturated heterocycles. The predicted molar refractivity (Wildman–Crippen MR) is 99.6 cm³/mol. The first-order chi connectivity index (χ1) is 12.7. The van der Waals surface area contributed by atoms with Crippen LogP contribution in [-0.2, 0) is 11.3 Å². The topological polar surface area (TPSA) is 79.3 Å². The van der Waals surface area contributed by atoms with Crippen LogP contribution in [0.25, 0.3) is 0 Å². The molecule has 0 spiro atoms. The van der Waals surface area contributed by atoms with E-state index in [9.17, 15) is 9.59 Å². The first-order valence-electron chi connectivity index (χ1n) is 9.07. The highest BCUT2D eigenvalue weighted by Crippen LogP contribution is 2.19. The van der Waals surface area contributed by atoms with E-state index in [0.717, 1.165) is 18.7 Å². The molecular formula is C19H25N5O2. The van der Waals surface area contributed by atoms with Gasteiger partial charge in [0.05, 0.1) is 6.33 Å². The van der Waals surface area contributed by atoms with Gasteiger partial charge in [0, 0.05) is 50.2 Å². The molecule has 7 heteroatoms. The smallest absolute Gasteiger partial charge is 0.317 e. The Morgan fingerprint density at radius 3 is 2.62 bits per heavy atom. The average molecular weight is 355 g/mol. The molecule has 0 aliphatic carbocycles. The van der Waals surface area contributed by atoms with Crippen LogP contribution >= 0.6 is 0 Å². The van der Waals surface area contributed by atoms with Gasteiger partial charge in [0.1, 0.15) is 0 Å². The Bertz CT molecular complexity index is 694. The Labute approximate surface area is 153 Å². The van der Waals surface area contributed by atoms with Gasteiger partial charge in [-0.05, 0) is 31.4 Å². The van der Waals surface area contributed by atoms with Gasteiger partial charge in [0.15, 0.2) is 0 Å². The number of amides is 3. The minimum Gasteiger partial charge on any atom is -0.338 e. The van der Waals surface area contributed by atoms with E-state index in [2.05, 4.69) is 15.6 Å². The SMILES string of the molecule is O=C(Nc1ccccc1)C1CCN(C(=O)NCCCn2ccnc2)CC1. The zero-order valence-corrected chi connectivity index (χ0v) is 14.8. The van der Waals surface area contributed by atoms with Crippen molar-refractivity contribution in [3.63, 3.8) is 0 Å². The zero-order valence-electron chi connectivity index (χ0n) is 14.8. The second kappa shape index (κ2) is 9.03. The van der Waals surface area contributed by atoms with E-state index in [0.29, 0.717) is 32.5 Å². The summed E-state index contributed by atoms with van der Waals surface area (Å²) in [4.78, 5) is 30.3. The fourth-order valence-electron chi connectivity index (χ4n) is 3.10. The molecule has 0 unspecified atom stereocenters. The lowest BCUT2D eigenvalue weighted by atomic mass is 9.96. The molecule has 0 radical (unpaired) electrons. The number of hydrogen-bond acceptors (Lipinski definition) is 3. The van der Waals surface area contributed by atoms with Crippen molar-refractivity contribution in [1.82, 2.24) is 19.8 Å². The molecule has 2 heterocycles. The molecule has 1 aromatic heterocycles. The van der Waals surface area contributed by atoms with Crippen LogP contribution in [0.5, 0.6) is 0 Å². The minimum absolute atomic E-state index is 0.0385. The second-order valence-corrected chi connectivity index (χ2v) is 6.50. The van der Waals surface area contributed by atoms with Crippen LogP contribution in [0, 0.1) is 5.92 Å². The monoisotopic (exact) mass is 355 g/mol. The summed E-state index contributed by atoms with van der Waals surface area (Å²) in [6.45, 7) is 2.69. The van der Waals surface area contributed by atoms with E-state index in [1.807, 2.05) is 41.1 Å². The third-order valence-electron chi connectivity index (χ3n) is 4.62. The van der Waals surface area contributed by atoms with Gasteiger partial charge in [0.25, 0.3) is 0 Å². The van der Waals surface area contributed by atoms with Gasteiger partial charge in [0.2, 0.25) is 5.91 Å². The number of anilines is 1. The zero-order chi connectivity index (χ0) is 18.2. The number of aromatic nitrogens is 2. The number of carbonyl (C=O) groups is 2. The van der Waals surface area contributed by atoms with Gasteiger partial charge in [-0.15, -0.1) is 0 Å². The predicted octanol–water partition coefficient (Wildman–Crippen LogP) is 2.33. The molecular weight excluding hydrogens is 330 g/mol. The molecule has 0 bridgehead atoms. The Kier molecular flexibility index (Phi) is 6.24. The van der Waals surface area contributed by atoms with E-state index >= 15 is 0 Å². The van der Waals surface area contributed by atoms with Crippen molar-refractivity contribution in [2.45, 2.75) is 25.8 Å². The van der Waals surface area contributed by atoms with Gasteiger partial charge in [-0.25, -0.2) is 9.78 Å². The van der Waals surface area contributed by atoms with Crippen LogP contribution in [0.1, 0.15) is 19.3 Å². The first-order valence-corrected chi connectivity index (χ1v) is 9.07. The van der Waals surface area contributed by atoms with E-state index in [1.54, 1.807) is 17.4 Å². The van der Waals surface area contributed by atoms with Crippen molar-refractivity contribution in [3.8, 4) is 0 Å². The van der Waals surface area contributed by atoms with Crippen molar-refractivity contribution >= 4 is 17.6 Å². The minimum atomic E-state index is -0.0439. The lowest BCUT2D eigenvalue weighted by Gasteiger charge is -2.31. The number of benzene rings is 1. The summed E-state index contributed by atoms with van der Waals surface area (Å²) in [7, 11) is 0. The van der Waals surface area contributed by atoms with Crippen LogP contribution in [0.15, 0.2) is 49.1 Å². The highest BCUT2D eigenvalue weighted by molar-refractivity contribution is 5.92. The number of aryl methyl sites for hydroxylation is 1. The number of rotatable bonds is 6. The molecule has 2 aromatic rings. The van der Waals surface area contributed by atoms with Crippen molar-refractivity contribution < 1.29 is 9.59 Å². The van der Waals surface area contributed by atoms with Crippen molar-refractivity contribution in [2.24, 2.45) is 5.92 Å². The number of imidazole rings is 1. The van der Waals surface area contributed by atoms with E-state index in [-0.39, 0.29) is 17.9 Å². The molecule has 0 saturated carbocycles. The number of hydrogen-bond donors (Lipinski definition) is 2. The third kappa shape index (κ3) is 5.08. The summed E-state index contributed by atoms with van der Waals surface area (Å²) in [6, 6.07) is 9.43. The standard InChI is InChI=1S/C19H25N5O2/c25-18(22-17-5-2-1-3-6-17)16-7-12-24(13-8-16)19(26)21-9-4-11-23-14-10-20-15-23/h1-3,5-6,10,14-16H,4,7-9,11-13H2,(H,21,26)(H,22,25). The molecule has 1 aromatic carbocycles. The summed E-state index contributed by atoms with van der Waals surface area (Å²) in [6.07, 6.45) is 7.68. The number of nitrogens with one attached hydrogen (secondary N) is 2. The Hall–Kier alpha value is -2.83. The molecule has 3 rings (SSSR count). The van der Waals surface area contributed by atoms with Crippen LogP contribution in [-0.4, -0.2) is 46.0 Å². The molecule has 0 atom stereocenters. The average Bonchev–Trinajstić information content (AvgIpc) is 3.19. The lowest BCUT2D eigenvalue weighted by molar-refractivity contribution is -0.121. The quantitative estimate of drug-likeness (QED) is 0.781. The van der Waals surface area contributed by atoms with E-state index in [1.165, 1.54) is 0 Å². The molecule has 2 N–H and O–H groups in total. The molecule has 1 fully saturated rings. The van der Waals surface area contributed by atoms with Crippen molar-refractivity contribution in [2.75, 3.05) is 25.0 Å². The number of piperidine rings is 1. The normalized spacial score (nSPS) is 14.8. The van der Waals surface area contributed by atoms with Gasteiger partial charge < -0.3 is 20.1 Å². The molecule has 3 amide bonds. The summed E-state index contributed by atoms with van der Waals surface area (Å²) >= 11 is 0. The Morgan fingerprint density at radius 1 is 1.15 bits per heavy atom. The highest BCUT2D eigenvalue weighted by Gasteiger charge is 2.27. The number of carbonyl (C=O) groups excluding carboxylic acids is 2. The van der Waals surface area contributed by atoms with Crippen LogP contribution in [0.4, 0.5) is 10.5 Å². The maximum absolute atomic E-state index is 12.3. The Morgan fingerprint density at radius 2 is 1.92 bits per heavy atom.